The summed E-state index contributed by atoms with van der Waals surface area (Å²) in [6, 6.07) is 33.0. The number of fused-ring (bicyclic) bond motifs is 8. The molecule has 4 aromatic rings. The quantitative estimate of drug-likeness (QED) is 0.211. The summed E-state index contributed by atoms with van der Waals surface area (Å²) in [6.45, 7) is 4.29. The molecule has 0 spiro atoms. The zero-order valence-corrected chi connectivity index (χ0v) is 30.8. The van der Waals surface area contributed by atoms with Crippen molar-refractivity contribution in [3.05, 3.63) is 118 Å². The van der Waals surface area contributed by atoms with Gasteiger partial charge in [-0.15, -0.1) is 0 Å². The minimum atomic E-state index is -0.114. The summed E-state index contributed by atoms with van der Waals surface area (Å²) in [5.74, 6) is 0. The molecule has 266 valence electrons. The highest BCUT2D eigenvalue weighted by Gasteiger charge is 2.72. The number of para-hydroxylation sites is 4. The summed E-state index contributed by atoms with van der Waals surface area (Å²) in [5.41, 5.74) is 13.8. The van der Waals surface area contributed by atoms with Gasteiger partial charge < -0.3 is 21.3 Å². The van der Waals surface area contributed by atoms with Crippen molar-refractivity contribution in [2.24, 2.45) is 0 Å². The van der Waals surface area contributed by atoms with Crippen molar-refractivity contribution >= 4 is 22.7 Å². The normalized spacial score (nSPS) is 38.0. The SMILES string of the molecule is CN1CCC2(c3cccc4c3NC3N(C)CCC45C4Nc6c(C78CCN(C)C7Nc7ccccc78)cccc6C35CCN4C)c3ccccc3NC12. The van der Waals surface area contributed by atoms with E-state index < -0.39 is 0 Å². The summed E-state index contributed by atoms with van der Waals surface area (Å²) >= 11 is 0. The van der Waals surface area contributed by atoms with E-state index in [9.17, 15) is 0 Å². The number of anilines is 4. The van der Waals surface area contributed by atoms with Gasteiger partial charge in [0.2, 0.25) is 0 Å². The Bertz CT molecular complexity index is 2030. The highest BCUT2D eigenvalue weighted by Crippen LogP contribution is 2.69. The summed E-state index contributed by atoms with van der Waals surface area (Å²) in [4.78, 5) is 10.4. The van der Waals surface area contributed by atoms with Crippen LogP contribution in [0.2, 0.25) is 0 Å². The molecule has 8 unspecified atom stereocenters. The fourth-order valence-electron chi connectivity index (χ4n) is 13.8. The van der Waals surface area contributed by atoms with Crippen molar-refractivity contribution in [2.75, 3.05) is 75.6 Å². The van der Waals surface area contributed by atoms with Crippen LogP contribution in [0.15, 0.2) is 84.9 Å². The van der Waals surface area contributed by atoms with E-state index in [2.05, 4.69) is 154 Å². The van der Waals surface area contributed by atoms with Gasteiger partial charge in [-0.1, -0.05) is 72.8 Å². The van der Waals surface area contributed by atoms with Gasteiger partial charge in [-0.25, -0.2) is 0 Å². The molecule has 4 N–H and O–H groups in total. The third-order valence-electron chi connectivity index (χ3n) is 15.9. The lowest BCUT2D eigenvalue weighted by Gasteiger charge is -2.72. The second kappa shape index (κ2) is 9.91. The van der Waals surface area contributed by atoms with Gasteiger partial charge in [0.15, 0.2) is 0 Å². The highest BCUT2D eigenvalue weighted by atomic mass is 15.4. The molecule has 8 heteroatoms. The van der Waals surface area contributed by atoms with Crippen LogP contribution in [0.5, 0.6) is 0 Å². The molecule has 0 radical (unpaired) electrons. The summed E-state index contributed by atoms with van der Waals surface area (Å²) < 4.78 is 0. The van der Waals surface area contributed by atoms with Crippen LogP contribution in [0.3, 0.4) is 0 Å². The highest BCUT2D eigenvalue weighted by molar-refractivity contribution is 5.81. The van der Waals surface area contributed by atoms with Crippen LogP contribution in [-0.2, 0) is 21.7 Å². The van der Waals surface area contributed by atoms with Gasteiger partial charge in [0.25, 0.3) is 0 Å². The first kappa shape index (κ1) is 30.4. The molecule has 4 fully saturated rings. The zero-order chi connectivity index (χ0) is 34.8. The fourth-order valence-corrected chi connectivity index (χ4v) is 13.8. The first-order valence-electron chi connectivity index (χ1n) is 19.7. The van der Waals surface area contributed by atoms with Gasteiger partial charge >= 0.3 is 0 Å². The van der Waals surface area contributed by atoms with E-state index in [0.29, 0.717) is 0 Å². The van der Waals surface area contributed by atoms with Gasteiger partial charge in [-0.3, -0.25) is 19.6 Å². The van der Waals surface area contributed by atoms with Gasteiger partial charge in [0.05, 0.1) is 35.5 Å². The molecule has 4 aromatic carbocycles. The van der Waals surface area contributed by atoms with Crippen molar-refractivity contribution in [1.82, 2.24) is 19.6 Å². The number of hydrogen-bond acceptors (Lipinski definition) is 8. The third-order valence-corrected chi connectivity index (χ3v) is 15.9. The second-order valence-corrected chi connectivity index (χ2v) is 17.5. The van der Waals surface area contributed by atoms with E-state index in [-0.39, 0.29) is 46.3 Å². The van der Waals surface area contributed by atoms with Gasteiger partial charge in [0.1, 0.15) is 0 Å². The minimum absolute atomic E-state index is 0.100. The monoisotopic (exact) mass is 690 g/mol. The van der Waals surface area contributed by atoms with Crippen LogP contribution in [0.4, 0.5) is 22.7 Å². The van der Waals surface area contributed by atoms with Crippen molar-refractivity contribution in [2.45, 2.75) is 72.0 Å². The van der Waals surface area contributed by atoms with E-state index in [1.807, 2.05) is 0 Å². The molecule has 0 amide bonds. The Hall–Kier alpha value is -4.08. The van der Waals surface area contributed by atoms with Crippen molar-refractivity contribution < 1.29 is 0 Å². The maximum atomic E-state index is 4.44. The summed E-state index contributed by atoms with van der Waals surface area (Å²) in [7, 11) is 9.37. The second-order valence-electron chi connectivity index (χ2n) is 17.5. The van der Waals surface area contributed by atoms with Crippen molar-refractivity contribution in [1.29, 1.82) is 0 Å². The third kappa shape index (κ3) is 3.17. The first-order chi connectivity index (χ1) is 25.4. The number of rotatable bonds is 2. The minimum Gasteiger partial charge on any atom is -0.368 e. The average Bonchev–Trinajstić information content (AvgIpc) is 3.89. The van der Waals surface area contributed by atoms with Crippen LogP contribution < -0.4 is 21.3 Å². The molecule has 4 bridgehead atoms. The Labute approximate surface area is 307 Å². The van der Waals surface area contributed by atoms with Gasteiger partial charge in [-0.05, 0) is 99.4 Å². The maximum Gasteiger partial charge on any atom is 0.0933 e. The molecule has 0 aliphatic carbocycles. The molecule has 12 rings (SSSR count). The molecule has 0 saturated carbocycles. The molecule has 52 heavy (non-hydrogen) atoms. The molecule has 8 nitrogen and oxygen atoms in total. The molecule has 8 atom stereocenters. The Kier molecular flexibility index (Phi) is 5.79. The fraction of sp³-hybridized carbons (Fsp3) is 0.455. The van der Waals surface area contributed by atoms with Crippen molar-refractivity contribution in [3.8, 4) is 0 Å². The Balaban J connectivity index is 1.12. The standard InChI is InChI=1S/C44H50N8/c1-49-23-19-41(27-11-5-7-17-33(27)45-37(41)49)29-13-9-15-31-35(29)47-39-44-22-26-52(4)40(43(31,44)21-25-51(39)3)48-36-30(14-10-16-32(36)44)42-20-24-50(2)38(42)46-34-18-8-6-12-28(34)42/h5-18,37-40,45-48H,19-26H2,1-4H3. The van der Waals surface area contributed by atoms with Gasteiger partial charge in [-0.2, -0.15) is 0 Å². The van der Waals surface area contributed by atoms with Crippen LogP contribution in [0.1, 0.15) is 59.1 Å². The lowest BCUT2D eigenvalue weighted by atomic mass is 9.44. The predicted octanol–water partition coefficient (Wildman–Crippen LogP) is 5.78. The number of likely N-dealkylation sites (tertiary alicyclic amines) is 4. The lowest BCUT2D eigenvalue weighted by Crippen LogP contribution is -2.80. The Morgan fingerprint density at radius 3 is 1.23 bits per heavy atom. The van der Waals surface area contributed by atoms with Crippen molar-refractivity contribution in [3.63, 3.8) is 0 Å². The predicted molar refractivity (Wildman–Crippen MR) is 209 cm³/mol. The van der Waals surface area contributed by atoms with Crippen LogP contribution in [-0.4, -0.2) is 98.6 Å². The topological polar surface area (TPSA) is 61.1 Å². The zero-order valence-electron chi connectivity index (χ0n) is 30.8. The molecular formula is C44H50N8. The van der Waals surface area contributed by atoms with Crippen LogP contribution >= 0.6 is 0 Å². The molecule has 8 aliphatic rings. The average molecular weight is 691 g/mol. The largest absolute Gasteiger partial charge is 0.368 e. The van der Waals surface area contributed by atoms with E-state index in [4.69, 9.17) is 0 Å². The molecule has 0 aromatic heterocycles. The molecular weight excluding hydrogens is 641 g/mol. The molecule has 8 heterocycles. The number of piperidine rings is 2. The Morgan fingerprint density at radius 1 is 0.404 bits per heavy atom. The van der Waals surface area contributed by atoms with E-state index in [1.165, 1.54) is 56.1 Å². The number of hydrogen-bond donors (Lipinski definition) is 4. The number of benzene rings is 4. The van der Waals surface area contributed by atoms with Crippen LogP contribution in [0, 0.1) is 0 Å². The number of likely N-dealkylation sites (N-methyl/N-ethyl adjacent to an activating group) is 4. The smallest absolute Gasteiger partial charge is 0.0933 e. The Morgan fingerprint density at radius 2 is 0.769 bits per heavy atom. The van der Waals surface area contributed by atoms with Crippen LogP contribution in [0.25, 0.3) is 0 Å². The molecule has 4 saturated heterocycles. The van der Waals surface area contributed by atoms with E-state index in [0.717, 1.165) is 51.9 Å². The lowest BCUT2D eigenvalue weighted by molar-refractivity contribution is -0.0694. The molecule has 8 aliphatic heterocycles. The first-order valence-corrected chi connectivity index (χ1v) is 19.7. The van der Waals surface area contributed by atoms with Gasteiger partial charge in [0, 0.05) is 59.8 Å². The van der Waals surface area contributed by atoms with E-state index >= 15 is 0 Å². The summed E-state index contributed by atoms with van der Waals surface area (Å²) in [5, 5.41) is 16.9. The number of nitrogens with one attached hydrogen (secondary N) is 4. The van der Waals surface area contributed by atoms with E-state index in [1.54, 1.807) is 0 Å². The summed E-state index contributed by atoms with van der Waals surface area (Å²) in [6.07, 6.45) is 5.28. The number of nitrogens with zero attached hydrogens (tertiary/aromatic N) is 4. The maximum absolute atomic E-state index is 4.44.